The summed E-state index contributed by atoms with van der Waals surface area (Å²) in [6.07, 6.45) is 1.31. The average molecular weight is 256 g/mol. The van der Waals surface area contributed by atoms with Gasteiger partial charge >= 0.3 is 5.97 Å². The van der Waals surface area contributed by atoms with Crippen molar-refractivity contribution in [2.24, 2.45) is 0 Å². The number of rotatable bonds is 3. The summed E-state index contributed by atoms with van der Waals surface area (Å²) in [6.45, 7) is 6.67. The molecule has 17 heavy (non-hydrogen) atoms. The van der Waals surface area contributed by atoms with Gasteiger partial charge in [-0.1, -0.05) is 0 Å². The Morgan fingerprint density at radius 3 is 3.06 bits per heavy atom. The topological polar surface area (TPSA) is 62.7 Å². The number of aromatic nitrogens is 1. The first kappa shape index (κ1) is 12.5. The number of carbonyl (C=O) groups is 1. The maximum atomic E-state index is 10.8. The monoisotopic (exact) mass is 256 g/mol. The molecule has 1 aromatic heterocycles. The molecule has 1 aliphatic rings. The maximum absolute atomic E-state index is 10.8. The van der Waals surface area contributed by atoms with Crippen LogP contribution in [0.1, 0.15) is 34.6 Å². The third-order valence-electron chi connectivity index (χ3n) is 2.84. The minimum Gasteiger partial charge on any atom is -0.477 e. The lowest BCUT2D eigenvalue weighted by molar-refractivity contribution is -0.0402. The molecule has 1 saturated heterocycles. The second-order valence-corrected chi connectivity index (χ2v) is 5.38. The summed E-state index contributed by atoms with van der Waals surface area (Å²) in [5.41, 5.74) is 0. The van der Waals surface area contributed by atoms with Gasteiger partial charge in [0.1, 0.15) is 16.0 Å². The van der Waals surface area contributed by atoms with E-state index >= 15 is 0 Å². The number of ether oxygens (including phenoxy) is 1. The van der Waals surface area contributed by atoms with Crippen molar-refractivity contribution < 1.29 is 14.6 Å². The standard InChI is InChI=1S/C11H16N2O3S/c1-7(2)13-3-4-16-8(6-13)10-12-5-9(17-10)11(14)15/h5,7-8H,3-4,6H2,1-2H3,(H,14,15). The zero-order valence-corrected chi connectivity index (χ0v) is 10.7. The highest BCUT2D eigenvalue weighted by atomic mass is 32.1. The molecule has 2 rings (SSSR count). The second-order valence-electron chi connectivity index (χ2n) is 4.32. The third kappa shape index (κ3) is 2.83. The molecule has 1 unspecified atom stereocenters. The van der Waals surface area contributed by atoms with E-state index in [9.17, 15) is 4.79 Å². The molecule has 1 aliphatic heterocycles. The van der Waals surface area contributed by atoms with Crippen LogP contribution in [0.3, 0.4) is 0 Å². The van der Waals surface area contributed by atoms with Crippen LogP contribution in [0.4, 0.5) is 0 Å². The van der Waals surface area contributed by atoms with Crippen molar-refractivity contribution in [1.82, 2.24) is 9.88 Å². The zero-order chi connectivity index (χ0) is 12.4. The van der Waals surface area contributed by atoms with Crippen molar-refractivity contribution in [3.8, 4) is 0 Å². The lowest BCUT2D eigenvalue weighted by Crippen LogP contribution is -2.42. The lowest BCUT2D eigenvalue weighted by atomic mass is 10.2. The second kappa shape index (κ2) is 5.12. The van der Waals surface area contributed by atoms with E-state index in [0.29, 0.717) is 12.6 Å². The van der Waals surface area contributed by atoms with Crippen molar-refractivity contribution in [3.63, 3.8) is 0 Å². The molecule has 0 aliphatic carbocycles. The number of thiazole rings is 1. The Kier molecular flexibility index (Phi) is 3.76. The fraction of sp³-hybridized carbons (Fsp3) is 0.636. The van der Waals surface area contributed by atoms with Gasteiger partial charge in [-0.25, -0.2) is 9.78 Å². The molecule has 0 saturated carbocycles. The summed E-state index contributed by atoms with van der Waals surface area (Å²) in [6, 6.07) is 0.473. The van der Waals surface area contributed by atoms with Crippen LogP contribution in [0.25, 0.3) is 0 Å². The van der Waals surface area contributed by atoms with Crippen molar-refractivity contribution in [2.75, 3.05) is 19.7 Å². The minimum absolute atomic E-state index is 0.0933. The van der Waals surface area contributed by atoms with E-state index in [4.69, 9.17) is 9.84 Å². The summed E-state index contributed by atoms with van der Waals surface area (Å²) >= 11 is 1.20. The average Bonchev–Trinajstić information content (AvgIpc) is 2.78. The van der Waals surface area contributed by atoms with E-state index in [1.165, 1.54) is 17.5 Å². The summed E-state index contributed by atoms with van der Waals surface area (Å²) < 4.78 is 5.65. The van der Waals surface area contributed by atoms with Gasteiger partial charge in [0.05, 0.1) is 12.8 Å². The van der Waals surface area contributed by atoms with Crippen molar-refractivity contribution in [1.29, 1.82) is 0 Å². The molecule has 2 heterocycles. The molecule has 1 fully saturated rings. The van der Waals surface area contributed by atoms with Crippen LogP contribution in [-0.2, 0) is 4.74 Å². The van der Waals surface area contributed by atoms with Crippen LogP contribution in [0.5, 0.6) is 0 Å². The molecule has 0 amide bonds. The predicted octanol–water partition coefficient (Wildman–Crippen LogP) is 1.62. The number of hydrogen-bond donors (Lipinski definition) is 1. The lowest BCUT2D eigenvalue weighted by Gasteiger charge is -2.34. The molecule has 0 spiro atoms. The quantitative estimate of drug-likeness (QED) is 0.890. The predicted molar refractivity (Wildman–Crippen MR) is 64.5 cm³/mol. The molecule has 1 aromatic rings. The fourth-order valence-electron chi connectivity index (χ4n) is 1.82. The molecule has 0 bridgehead atoms. The van der Waals surface area contributed by atoms with Gasteiger partial charge in [0.2, 0.25) is 0 Å². The van der Waals surface area contributed by atoms with Gasteiger partial charge in [-0.05, 0) is 13.8 Å². The van der Waals surface area contributed by atoms with Crippen LogP contribution >= 0.6 is 11.3 Å². The van der Waals surface area contributed by atoms with Crippen molar-refractivity contribution in [2.45, 2.75) is 26.0 Å². The minimum atomic E-state index is -0.926. The molecular weight excluding hydrogens is 240 g/mol. The van der Waals surface area contributed by atoms with Gasteiger partial charge < -0.3 is 9.84 Å². The Morgan fingerprint density at radius 1 is 1.71 bits per heavy atom. The number of carboxylic acids is 1. The molecule has 1 N–H and O–H groups in total. The van der Waals surface area contributed by atoms with Crippen molar-refractivity contribution in [3.05, 3.63) is 16.1 Å². The van der Waals surface area contributed by atoms with Gasteiger partial charge in [0.15, 0.2) is 0 Å². The van der Waals surface area contributed by atoms with Crippen LogP contribution in [0.2, 0.25) is 0 Å². The van der Waals surface area contributed by atoms with E-state index in [1.807, 2.05) is 0 Å². The first-order valence-corrected chi connectivity index (χ1v) is 6.44. The fourth-order valence-corrected chi connectivity index (χ4v) is 2.62. The highest BCUT2D eigenvalue weighted by Crippen LogP contribution is 2.27. The normalized spacial score (nSPS) is 21.9. The highest BCUT2D eigenvalue weighted by Gasteiger charge is 2.26. The van der Waals surface area contributed by atoms with Gasteiger partial charge in [-0.15, -0.1) is 11.3 Å². The Morgan fingerprint density at radius 2 is 2.47 bits per heavy atom. The van der Waals surface area contributed by atoms with E-state index < -0.39 is 5.97 Å². The summed E-state index contributed by atoms with van der Waals surface area (Å²) in [7, 11) is 0. The smallest absolute Gasteiger partial charge is 0.347 e. The van der Waals surface area contributed by atoms with Gasteiger partial charge in [0.25, 0.3) is 0 Å². The number of aromatic carboxylic acids is 1. The first-order chi connectivity index (χ1) is 8.08. The molecule has 0 radical (unpaired) electrons. The van der Waals surface area contributed by atoms with Gasteiger partial charge in [-0.3, -0.25) is 4.90 Å². The van der Waals surface area contributed by atoms with Gasteiger partial charge in [-0.2, -0.15) is 0 Å². The largest absolute Gasteiger partial charge is 0.477 e. The number of morpholine rings is 1. The maximum Gasteiger partial charge on any atom is 0.347 e. The van der Waals surface area contributed by atoms with Crippen LogP contribution in [0.15, 0.2) is 6.20 Å². The molecule has 1 atom stereocenters. The third-order valence-corrected chi connectivity index (χ3v) is 3.92. The zero-order valence-electron chi connectivity index (χ0n) is 9.92. The van der Waals surface area contributed by atoms with Crippen LogP contribution in [0, 0.1) is 0 Å². The number of nitrogens with zero attached hydrogens (tertiary/aromatic N) is 2. The van der Waals surface area contributed by atoms with E-state index in [2.05, 4.69) is 23.7 Å². The van der Waals surface area contributed by atoms with E-state index in [-0.39, 0.29) is 11.0 Å². The summed E-state index contributed by atoms with van der Waals surface area (Å²) in [5, 5.41) is 9.61. The SMILES string of the molecule is CC(C)N1CCOC(c2ncc(C(=O)O)s2)C1. The Bertz CT molecular complexity index is 405. The van der Waals surface area contributed by atoms with Crippen molar-refractivity contribution >= 4 is 17.3 Å². The Hall–Kier alpha value is -0.980. The summed E-state index contributed by atoms with van der Waals surface area (Å²) in [5.74, 6) is -0.926. The molecular formula is C11H16N2O3S. The number of carboxylic acid groups (broad SMARTS) is 1. The molecule has 94 valence electrons. The molecule has 6 heteroatoms. The molecule has 0 aromatic carbocycles. The molecule has 5 nitrogen and oxygen atoms in total. The highest BCUT2D eigenvalue weighted by molar-refractivity contribution is 7.13. The van der Waals surface area contributed by atoms with Crippen LogP contribution < -0.4 is 0 Å². The van der Waals surface area contributed by atoms with E-state index in [1.54, 1.807) is 0 Å². The van der Waals surface area contributed by atoms with Gasteiger partial charge in [0, 0.05) is 19.1 Å². The van der Waals surface area contributed by atoms with E-state index in [0.717, 1.165) is 18.1 Å². The summed E-state index contributed by atoms with van der Waals surface area (Å²) in [4.78, 5) is 17.5. The first-order valence-electron chi connectivity index (χ1n) is 5.62. The Balaban J connectivity index is 2.08. The number of hydrogen-bond acceptors (Lipinski definition) is 5. The Labute approximate surface area is 104 Å². The van der Waals surface area contributed by atoms with Crippen LogP contribution in [-0.4, -0.2) is 46.7 Å².